The molecule has 1 aliphatic carbocycles. The fraction of sp³-hybridized carbons (Fsp3) is 0.0625. The minimum atomic E-state index is -0.128. The van der Waals surface area contributed by atoms with Gasteiger partial charge >= 0.3 is 0 Å². The Labute approximate surface area is 302 Å². The summed E-state index contributed by atoms with van der Waals surface area (Å²) in [6.07, 6.45) is 0. The quantitative estimate of drug-likeness (QED) is 0.183. The molecule has 0 atom stereocenters. The maximum atomic E-state index is 6.50. The summed E-state index contributed by atoms with van der Waals surface area (Å²) in [5, 5.41) is 2.01. The van der Waals surface area contributed by atoms with E-state index < -0.39 is 0 Å². The van der Waals surface area contributed by atoms with Crippen molar-refractivity contribution in [3.05, 3.63) is 175 Å². The SMILES string of the molecule is CC1(C)c2ccccc2-c2cc(-c3ccc4oc5cccc(-c6nc(-c7ccccc7)nc(-c7ccccc7)n6)c5c4c3)cc(-c3ccccc3)c21. The van der Waals surface area contributed by atoms with Gasteiger partial charge in [0.15, 0.2) is 17.5 Å². The third-order valence-corrected chi connectivity index (χ3v) is 10.5. The van der Waals surface area contributed by atoms with E-state index in [-0.39, 0.29) is 5.41 Å². The van der Waals surface area contributed by atoms with Crippen molar-refractivity contribution in [2.45, 2.75) is 19.3 Å². The summed E-state index contributed by atoms with van der Waals surface area (Å²) in [6, 6.07) is 57.2. The highest BCUT2D eigenvalue weighted by molar-refractivity contribution is 6.13. The number of hydrogen-bond donors (Lipinski definition) is 0. The molecule has 4 heteroatoms. The van der Waals surface area contributed by atoms with Crippen LogP contribution >= 0.6 is 0 Å². The lowest BCUT2D eigenvalue weighted by molar-refractivity contribution is 0.662. The number of rotatable bonds is 5. The molecule has 0 N–H and O–H groups in total. The zero-order valence-electron chi connectivity index (χ0n) is 28.8. The van der Waals surface area contributed by atoms with Gasteiger partial charge < -0.3 is 4.42 Å². The van der Waals surface area contributed by atoms with Crippen LogP contribution in [0.5, 0.6) is 0 Å². The molecule has 1 aliphatic rings. The van der Waals surface area contributed by atoms with Crippen LogP contribution in [0.2, 0.25) is 0 Å². The zero-order valence-corrected chi connectivity index (χ0v) is 28.8. The van der Waals surface area contributed by atoms with Crippen LogP contribution in [0.25, 0.3) is 89.5 Å². The van der Waals surface area contributed by atoms with Crippen LogP contribution in [0.4, 0.5) is 0 Å². The minimum Gasteiger partial charge on any atom is -0.456 e. The number of furan rings is 1. The molecule has 0 spiro atoms. The van der Waals surface area contributed by atoms with Crippen LogP contribution in [0.15, 0.2) is 168 Å². The standard InChI is InChI=1S/C48H33N3O/c1-48(2)40-23-13-12-21-35(40)38-29-34(28-37(44(38)48)30-15-6-3-7-16-30)33-25-26-41-39(27-33)43-36(22-14-24-42(43)52-41)47-50-45(31-17-8-4-9-18-31)49-46(51-47)32-19-10-5-11-20-32/h3-29H,1-2H3. The summed E-state index contributed by atoms with van der Waals surface area (Å²) in [5.41, 5.74) is 14.4. The Bertz CT molecular complexity index is 2750. The second-order valence-corrected chi connectivity index (χ2v) is 14.0. The highest BCUT2D eigenvalue weighted by Gasteiger charge is 2.38. The first-order valence-electron chi connectivity index (χ1n) is 17.7. The molecule has 0 fully saturated rings. The van der Waals surface area contributed by atoms with Crippen molar-refractivity contribution in [2.75, 3.05) is 0 Å². The van der Waals surface area contributed by atoms with E-state index in [0.717, 1.165) is 49.8 Å². The van der Waals surface area contributed by atoms with Gasteiger partial charge in [0, 0.05) is 32.9 Å². The lowest BCUT2D eigenvalue weighted by Crippen LogP contribution is -2.16. The molecule has 0 bridgehead atoms. The van der Waals surface area contributed by atoms with Gasteiger partial charge in [0.05, 0.1) is 0 Å². The van der Waals surface area contributed by atoms with Crippen LogP contribution in [0.3, 0.4) is 0 Å². The van der Waals surface area contributed by atoms with Crippen LogP contribution in [-0.4, -0.2) is 15.0 Å². The average Bonchev–Trinajstić information content (AvgIpc) is 3.70. The highest BCUT2D eigenvalue weighted by atomic mass is 16.3. The van der Waals surface area contributed by atoms with Crippen LogP contribution in [0, 0.1) is 0 Å². The van der Waals surface area contributed by atoms with E-state index in [0.29, 0.717) is 17.5 Å². The highest BCUT2D eigenvalue weighted by Crippen LogP contribution is 2.53. The molecule has 2 heterocycles. The molecule has 0 aliphatic heterocycles. The average molecular weight is 668 g/mol. The van der Waals surface area contributed by atoms with E-state index in [9.17, 15) is 0 Å². The Morgan fingerprint density at radius 3 is 1.67 bits per heavy atom. The molecule has 246 valence electrons. The summed E-state index contributed by atoms with van der Waals surface area (Å²) in [7, 11) is 0. The van der Waals surface area contributed by atoms with Crippen LogP contribution in [-0.2, 0) is 5.41 Å². The summed E-state index contributed by atoms with van der Waals surface area (Å²) in [4.78, 5) is 15.1. The fourth-order valence-corrected chi connectivity index (χ4v) is 8.06. The van der Waals surface area contributed by atoms with E-state index in [2.05, 4.69) is 105 Å². The number of nitrogens with zero attached hydrogens (tertiary/aromatic N) is 3. The van der Waals surface area contributed by atoms with Crippen molar-refractivity contribution in [1.29, 1.82) is 0 Å². The summed E-state index contributed by atoms with van der Waals surface area (Å²) < 4.78 is 6.50. The molecule has 9 aromatic rings. The zero-order chi connectivity index (χ0) is 34.8. The van der Waals surface area contributed by atoms with Gasteiger partial charge in [0.2, 0.25) is 0 Å². The molecule has 0 unspecified atom stereocenters. The minimum absolute atomic E-state index is 0.128. The van der Waals surface area contributed by atoms with Gasteiger partial charge in [-0.2, -0.15) is 0 Å². The van der Waals surface area contributed by atoms with Crippen molar-refractivity contribution in [3.8, 4) is 67.5 Å². The largest absolute Gasteiger partial charge is 0.456 e. The molecule has 0 amide bonds. The molecular formula is C48H33N3O. The summed E-state index contributed by atoms with van der Waals surface area (Å²) >= 11 is 0. The first kappa shape index (κ1) is 30.2. The maximum absolute atomic E-state index is 6.50. The molecule has 0 saturated heterocycles. The second kappa shape index (κ2) is 11.7. The number of aromatic nitrogens is 3. The van der Waals surface area contributed by atoms with Crippen molar-refractivity contribution in [3.63, 3.8) is 0 Å². The van der Waals surface area contributed by atoms with E-state index in [1.54, 1.807) is 0 Å². The van der Waals surface area contributed by atoms with E-state index in [1.165, 1.54) is 33.4 Å². The molecule has 0 radical (unpaired) electrons. The molecule has 52 heavy (non-hydrogen) atoms. The van der Waals surface area contributed by atoms with Gasteiger partial charge in [-0.25, -0.2) is 15.0 Å². The third-order valence-electron chi connectivity index (χ3n) is 10.5. The Hall–Kier alpha value is -6.65. The first-order chi connectivity index (χ1) is 25.5. The lowest BCUT2D eigenvalue weighted by Gasteiger charge is -2.25. The first-order valence-corrected chi connectivity index (χ1v) is 17.7. The monoisotopic (exact) mass is 667 g/mol. The Morgan fingerprint density at radius 2 is 0.981 bits per heavy atom. The summed E-state index contributed by atoms with van der Waals surface area (Å²) in [6.45, 7) is 4.70. The van der Waals surface area contributed by atoms with Gasteiger partial charge in [0.25, 0.3) is 0 Å². The molecule has 7 aromatic carbocycles. The van der Waals surface area contributed by atoms with E-state index in [1.807, 2.05) is 72.8 Å². The topological polar surface area (TPSA) is 51.8 Å². The third kappa shape index (κ3) is 4.79. The molecule has 0 saturated carbocycles. The van der Waals surface area contributed by atoms with Gasteiger partial charge in [-0.1, -0.05) is 147 Å². The smallest absolute Gasteiger partial charge is 0.164 e. The van der Waals surface area contributed by atoms with Gasteiger partial charge in [-0.3, -0.25) is 0 Å². The van der Waals surface area contributed by atoms with Crippen molar-refractivity contribution in [1.82, 2.24) is 15.0 Å². The Balaban J connectivity index is 1.20. The lowest BCUT2D eigenvalue weighted by atomic mass is 9.78. The van der Waals surface area contributed by atoms with Crippen LogP contribution in [0.1, 0.15) is 25.0 Å². The number of fused-ring (bicyclic) bond motifs is 6. The maximum Gasteiger partial charge on any atom is 0.164 e. The molecule has 2 aromatic heterocycles. The predicted octanol–water partition coefficient (Wildman–Crippen LogP) is 12.4. The summed E-state index contributed by atoms with van der Waals surface area (Å²) in [5.74, 6) is 1.86. The fourth-order valence-electron chi connectivity index (χ4n) is 8.06. The molecule has 10 rings (SSSR count). The molecule has 4 nitrogen and oxygen atoms in total. The van der Waals surface area contributed by atoms with Crippen molar-refractivity contribution >= 4 is 21.9 Å². The van der Waals surface area contributed by atoms with Crippen molar-refractivity contribution in [2.24, 2.45) is 0 Å². The van der Waals surface area contributed by atoms with E-state index in [4.69, 9.17) is 19.4 Å². The van der Waals surface area contributed by atoms with Gasteiger partial charge in [0.1, 0.15) is 11.2 Å². The van der Waals surface area contributed by atoms with Gasteiger partial charge in [-0.05, 0) is 74.8 Å². The predicted molar refractivity (Wildman–Crippen MR) is 212 cm³/mol. The Kier molecular flexibility index (Phi) is 6.80. The van der Waals surface area contributed by atoms with E-state index >= 15 is 0 Å². The Morgan fingerprint density at radius 1 is 0.404 bits per heavy atom. The number of hydrogen-bond acceptors (Lipinski definition) is 4. The molecular weight excluding hydrogens is 635 g/mol. The normalized spacial score (nSPS) is 13.0. The van der Waals surface area contributed by atoms with Crippen molar-refractivity contribution < 1.29 is 4.42 Å². The number of benzene rings is 7. The van der Waals surface area contributed by atoms with Crippen LogP contribution < -0.4 is 0 Å². The van der Waals surface area contributed by atoms with Gasteiger partial charge in [-0.15, -0.1) is 0 Å². The second-order valence-electron chi connectivity index (χ2n) is 14.0.